The minimum atomic E-state index is -4.43. The molecule has 14 heavy (non-hydrogen) atoms. The first-order valence-electron chi connectivity index (χ1n) is 4.51. The van der Waals surface area contributed by atoms with Gasteiger partial charge in [0.25, 0.3) is 0 Å². The topological polar surface area (TPSA) is 29.5 Å². The molecule has 0 aromatic carbocycles. The number of rotatable bonds is 4. The van der Waals surface area contributed by atoms with Gasteiger partial charge in [0.1, 0.15) is 0 Å². The molecule has 0 aromatic heterocycles. The molecule has 0 saturated carbocycles. The minimum absolute atomic E-state index is 0.540. The van der Waals surface area contributed by atoms with Crippen molar-refractivity contribution in [2.24, 2.45) is 5.41 Å². The summed E-state index contributed by atoms with van der Waals surface area (Å²) in [7, 11) is 0. The van der Waals surface area contributed by atoms with Crippen LogP contribution in [0.2, 0.25) is 0 Å². The van der Waals surface area contributed by atoms with Gasteiger partial charge < -0.3 is 9.84 Å². The smallest absolute Gasteiger partial charge is 0.367 e. The fourth-order valence-corrected chi connectivity index (χ4v) is 0.629. The van der Waals surface area contributed by atoms with Crippen LogP contribution in [-0.2, 0) is 4.74 Å². The van der Waals surface area contributed by atoms with Crippen LogP contribution in [-0.4, -0.2) is 23.7 Å². The van der Waals surface area contributed by atoms with E-state index < -0.39 is 24.0 Å². The van der Waals surface area contributed by atoms with Gasteiger partial charge in [0, 0.05) is 5.41 Å². The number of ether oxygens (including phenoxy) is 1. The minimum Gasteiger partial charge on any atom is -0.367 e. The molecule has 86 valence electrons. The molecule has 2 nitrogen and oxygen atoms in total. The second kappa shape index (κ2) is 4.49. The fourth-order valence-electron chi connectivity index (χ4n) is 0.629. The number of aliphatic hydroxyl groups excluding tert-OH is 1. The second-order valence-electron chi connectivity index (χ2n) is 4.01. The molecule has 0 fully saturated rings. The van der Waals surface area contributed by atoms with Gasteiger partial charge in [-0.1, -0.05) is 20.8 Å². The van der Waals surface area contributed by atoms with Crippen LogP contribution < -0.4 is 0 Å². The largest absolute Gasteiger partial charge is 0.414 e. The Morgan fingerprint density at radius 1 is 1.29 bits per heavy atom. The maximum absolute atomic E-state index is 12.1. The van der Waals surface area contributed by atoms with E-state index in [2.05, 4.69) is 4.74 Å². The van der Waals surface area contributed by atoms with Crippen molar-refractivity contribution < 1.29 is 23.0 Å². The summed E-state index contributed by atoms with van der Waals surface area (Å²) in [6, 6.07) is 0. The van der Waals surface area contributed by atoms with Crippen molar-refractivity contribution in [1.29, 1.82) is 0 Å². The zero-order chi connectivity index (χ0) is 11.6. The van der Waals surface area contributed by atoms with Crippen molar-refractivity contribution in [3.63, 3.8) is 0 Å². The summed E-state index contributed by atoms with van der Waals surface area (Å²) in [6.07, 6.45) is -7.23. The molecule has 0 aliphatic heterocycles. The van der Waals surface area contributed by atoms with Gasteiger partial charge in [0.2, 0.25) is 0 Å². The lowest BCUT2D eigenvalue weighted by molar-refractivity contribution is -0.277. The zero-order valence-corrected chi connectivity index (χ0v) is 8.85. The molecule has 0 bridgehead atoms. The first-order chi connectivity index (χ1) is 6.11. The van der Waals surface area contributed by atoms with Crippen LogP contribution in [0.4, 0.5) is 13.2 Å². The van der Waals surface area contributed by atoms with Crippen molar-refractivity contribution in [3.8, 4) is 0 Å². The number of halogens is 3. The quantitative estimate of drug-likeness (QED) is 0.729. The highest BCUT2D eigenvalue weighted by Gasteiger charge is 2.40. The van der Waals surface area contributed by atoms with Crippen molar-refractivity contribution in [2.75, 3.05) is 0 Å². The van der Waals surface area contributed by atoms with Crippen molar-refractivity contribution in [1.82, 2.24) is 0 Å². The third kappa shape index (κ3) is 3.84. The SMILES string of the molecule is CCC(C)(C)[C@H](O)OC(C)C(F)(F)F. The van der Waals surface area contributed by atoms with E-state index in [0.29, 0.717) is 6.42 Å². The van der Waals surface area contributed by atoms with E-state index >= 15 is 0 Å². The van der Waals surface area contributed by atoms with Crippen molar-refractivity contribution in [3.05, 3.63) is 0 Å². The molecule has 0 heterocycles. The predicted octanol–water partition coefficient (Wildman–Crippen LogP) is 2.71. The summed E-state index contributed by atoms with van der Waals surface area (Å²) in [4.78, 5) is 0. The second-order valence-corrected chi connectivity index (χ2v) is 4.01. The van der Waals surface area contributed by atoms with E-state index in [4.69, 9.17) is 0 Å². The normalized spacial score (nSPS) is 18.0. The Bertz CT molecular complexity index is 177. The molecule has 1 unspecified atom stereocenters. The molecule has 0 aromatic rings. The number of aliphatic hydroxyl groups is 1. The highest BCUT2D eigenvalue weighted by Crippen LogP contribution is 2.30. The average Bonchev–Trinajstić information content (AvgIpc) is 2.02. The molecule has 0 aliphatic rings. The molecule has 0 saturated heterocycles. The molecule has 1 N–H and O–H groups in total. The van der Waals surface area contributed by atoms with Gasteiger partial charge in [-0.25, -0.2) is 0 Å². The van der Waals surface area contributed by atoms with Crippen LogP contribution in [0, 0.1) is 5.41 Å². The highest BCUT2D eigenvalue weighted by molar-refractivity contribution is 4.72. The van der Waals surface area contributed by atoms with E-state index in [1.807, 2.05) is 0 Å². The van der Waals surface area contributed by atoms with Crippen LogP contribution in [0.1, 0.15) is 34.1 Å². The van der Waals surface area contributed by atoms with E-state index in [1.165, 1.54) is 0 Å². The number of hydrogen-bond donors (Lipinski definition) is 1. The predicted molar refractivity (Wildman–Crippen MR) is 46.7 cm³/mol. The summed E-state index contributed by atoms with van der Waals surface area (Å²) in [6.45, 7) is 5.97. The molecule has 0 radical (unpaired) electrons. The fraction of sp³-hybridized carbons (Fsp3) is 1.00. The first-order valence-corrected chi connectivity index (χ1v) is 4.51. The maximum Gasteiger partial charge on any atom is 0.414 e. The van der Waals surface area contributed by atoms with Gasteiger partial charge in [0.05, 0.1) is 0 Å². The van der Waals surface area contributed by atoms with Crippen molar-refractivity contribution in [2.45, 2.75) is 52.7 Å². The number of hydrogen-bond acceptors (Lipinski definition) is 2. The van der Waals surface area contributed by atoms with Crippen LogP contribution in [0.3, 0.4) is 0 Å². The van der Waals surface area contributed by atoms with E-state index in [0.717, 1.165) is 6.92 Å². The molecular formula is C9H17F3O2. The maximum atomic E-state index is 12.1. The summed E-state index contributed by atoms with van der Waals surface area (Å²) in [5, 5.41) is 9.39. The van der Waals surface area contributed by atoms with Crippen LogP contribution in [0.5, 0.6) is 0 Å². The van der Waals surface area contributed by atoms with Gasteiger partial charge >= 0.3 is 6.18 Å². The summed E-state index contributed by atoms with van der Waals surface area (Å²) in [5.74, 6) is 0. The lowest BCUT2D eigenvalue weighted by atomic mass is 9.89. The molecule has 0 rings (SSSR count). The van der Waals surface area contributed by atoms with Gasteiger partial charge in [0.15, 0.2) is 12.4 Å². The van der Waals surface area contributed by atoms with Crippen LogP contribution in [0.15, 0.2) is 0 Å². The Hall–Kier alpha value is -0.290. The Labute approximate surface area is 82.1 Å². The van der Waals surface area contributed by atoms with E-state index in [1.54, 1.807) is 20.8 Å². The summed E-state index contributed by atoms with van der Waals surface area (Å²) < 4.78 is 40.7. The Kier molecular flexibility index (Phi) is 4.39. The highest BCUT2D eigenvalue weighted by atomic mass is 19.4. The van der Waals surface area contributed by atoms with Crippen molar-refractivity contribution >= 4 is 0 Å². The van der Waals surface area contributed by atoms with Crippen LogP contribution in [0.25, 0.3) is 0 Å². The molecule has 0 aliphatic carbocycles. The summed E-state index contributed by atoms with van der Waals surface area (Å²) >= 11 is 0. The van der Waals surface area contributed by atoms with Gasteiger partial charge in [-0.2, -0.15) is 13.2 Å². The Morgan fingerprint density at radius 2 is 1.71 bits per heavy atom. The molecule has 0 amide bonds. The third-order valence-corrected chi connectivity index (χ3v) is 2.37. The van der Waals surface area contributed by atoms with Gasteiger partial charge in [-0.3, -0.25) is 0 Å². The van der Waals surface area contributed by atoms with E-state index in [9.17, 15) is 18.3 Å². The zero-order valence-electron chi connectivity index (χ0n) is 8.85. The van der Waals surface area contributed by atoms with Gasteiger partial charge in [-0.05, 0) is 13.3 Å². The lowest BCUT2D eigenvalue weighted by Gasteiger charge is -2.31. The Balaban J connectivity index is 4.26. The molecule has 2 atom stereocenters. The van der Waals surface area contributed by atoms with Gasteiger partial charge in [-0.15, -0.1) is 0 Å². The monoisotopic (exact) mass is 214 g/mol. The average molecular weight is 214 g/mol. The molecular weight excluding hydrogens is 197 g/mol. The molecule has 0 spiro atoms. The molecule has 5 heteroatoms. The Morgan fingerprint density at radius 3 is 2.00 bits per heavy atom. The van der Waals surface area contributed by atoms with Crippen LogP contribution >= 0.6 is 0 Å². The standard InChI is InChI=1S/C9H17F3O2/c1-5-8(3,4)7(13)14-6(2)9(10,11)12/h6-7,13H,5H2,1-4H3/t6?,7-/m1/s1. The summed E-state index contributed by atoms with van der Waals surface area (Å²) in [5.41, 5.74) is -0.667. The third-order valence-electron chi connectivity index (χ3n) is 2.37. The first kappa shape index (κ1) is 13.7. The lowest BCUT2D eigenvalue weighted by Crippen LogP contribution is -2.39. The number of alkyl halides is 3. The van der Waals surface area contributed by atoms with E-state index in [-0.39, 0.29) is 0 Å².